The molecule has 1 aromatic rings. The van der Waals surface area contributed by atoms with Crippen LogP contribution in [-0.4, -0.2) is 55.1 Å². The molecule has 2 aliphatic rings. The van der Waals surface area contributed by atoms with Gasteiger partial charge < -0.3 is 10.2 Å². The zero-order chi connectivity index (χ0) is 16.1. The lowest BCUT2D eigenvalue weighted by molar-refractivity contribution is 0.0780. The van der Waals surface area contributed by atoms with Crippen LogP contribution in [0, 0.1) is 0 Å². The van der Waals surface area contributed by atoms with Gasteiger partial charge in [0, 0.05) is 38.3 Å². The zero-order valence-corrected chi connectivity index (χ0v) is 14.9. The van der Waals surface area contributed by atoms with Crippen molar-refractivity contribution in [3.63, 3.8) is 0 Å². The minimum Gasteiger partial charge on any atom is -0.314 e. The molecule has 2 saturated heterocycles. The van der Waals surface area contributed by atoms with Gasteiger partial charge in [-0.05, 0) is 50.4 Å². The molecule has 3 heteroatoms. The summed E-state index contributed by atoms with van der Waals surface area (Å²) in [4.78, 5) is 5.42. The van der Waals surface area contributed by atoms with Crippen molar-refractivity contribution < 1.29 is 0 Å². The largest absolute Gasteiger partial charge is 0.314 e. The maximum Gasteiger partial charge on any atom is 0.0479 e. The minimum absolute atomic E-state index is 0.538. The van der Waals surface area contributed by atoms with Crippen molar-refractivity contribution in [3.05, 3.63) is 35.4 Å². The minimum atomic E-state index is 0.538. The summed E-state index contributed by atoms with van der Waals surface area (Å²) in [5, 5.41) is 3.54. The van der Waals surface area contributed by atoms with E-state index in [1.54, 1.807) is 0 Å². The molecular formula is C20H33N3. The highest BCUT2D eigenvalue weighted by molar-refractivity contribution is 5.26. The highest BCUT2D eigenvalue weighted by atomic mass is 15.3. The number of piperazine rings is 1. The Hall–Kier alpha value is -0.900. The van der Waals surface area contributed by atoms with Crippen molar-refractivity contribution in [2.75, 3.05) is 39.3 Å². The van der Waals surface area contributed by atoms with Crippen LogP contribution >= 0.6 is 0 Å². The topological polar surface area (TPSA) is 18.5 Å². The third kappa shape index (κ3) is 4.34. The maximum atomic E-state index is 3.54. The van der Waals surface area contributed by atoms with Crippen LogP contribution in [0.5, 0.6) is 0 Å². The molecule has 1 N–H and O–H groups in total. The molecule has 0 aliphatic carbocycles. The molecule has 0 bridgehead atoms. The van der Waals surface area contributed by atoms with Crippen LogP contribution in [-0.2, 0) is 6.42 Å². The van der Waals surface area contributed by atoms with Crippen molar-refractivity contribution in [2.45, 2.75) is 51.6 Å². The fourth-order valence-electron chi connectivity index (χ4n) is 4.08. The number of rotatable bonds is 5. The van der Waals surface area contributed by atoms with E-state index in [1.807, 2.05) is 0 Å². The van der Waals surface area contributed by atoms with Crippen LogP contribution in [0.4, 0.5) is 0 Å². The van der Waals surface area contributed by atoms with Crippen LogP contribution in [0.1, 0.15) is 50.3 Å². The summed E-state index contributed by atoms with van der Waals surface area (Å²) in [5.74, 6) is 0. The number of nitrogens with zero attached hydrogens (tertiary/aromatic N) is 2. The molecule has 2 fully saturated rings. The monoisotopic (exact) mass is 315 g/mol. The van der Waals surface area contributed by atoms with E-state index in [-0.39, 0.29) is 0 Å². The van der Waals surface area contributed by atoms with Crippen LogP contribution < -0.4 is 5.32 Å². The molecule has 2 unspecified atom stereocenters. The predicted molar refractivity (Wildman–Crippen MR) is 97.9 cm³/mol. The predicted octanol–water partition coefficient (Wildman–Crippen LogP) is 3.07. The first-order valence-corrected chi connectivity index (χ1v) is 9.55. The van der Waals surface area contributed by atoms with E-state index in [0.29, 0.717) is 12.1 Å². The summed E-state index contributed by atoms with van der Waals surface area (Å²) in [6, 6.07) is 10.6. The summed E-state index contributed by atoms with van der Waals surface area (Å²) in [6.07, 6.45) is 5.29. The average molecular weight is 316 g/mol. The van der Waals surface area contributed by atoms with Gasteiger partial charge in [0.15, 0.2) is 0 Å². The van der Waals surface area contributed by atoms with Crippen molar-refractivity contribution in [3.8, 4) is 0 Å². The Bertz CT molecular complexity index is 464. The van der Waals surface area contributed by atoms with Gasteiger partial charge in [-0.1, -0.05) is 37.6 Å². The fraction of sp³-hybridized carbons (Fsp3) is 0.700. The van der Waals surface area contributed by atoms with Crippen LogP contribution in [0.3, 0.4) is 0 Å². The Morgan fingerprint density at radius 2 is 1.83 bits per heavy atom. The van der Waals surface area contributed by atoms with Crippen molar-refractivity contribution in [2.24, 2.45) is 0 Å². The second kappa shape index (κ2) is 8.27. The molecule has 2 atom stereocenters. The van der Waals surface area contributed by atoms with Gasteiger partial charge in [-0.3, -0.25) is 4.90 Å². The maximum absolute atomic E-state index is 3.54. The van der Waals surface area contributed by atoms with Gasteiger partial charge in [-0.2, -0.15) is 0 Å². The highest BCUT2D eigenvalue weighted by Gasteiger charge is 2.29. The molecular weight excluding hydrogens is 282 g/mol. The molecule has 0 radical (unpaired) electrons. The van der Waals surface area contributed by atoms with Crippen LogP contribution in [0.15, 0.2) is 24.3 Å². The first-order valence-electron chi connectivity index (χ1n) is 9.55. The number of aryl methyl sites for hydroxylation is 1. The first-order chi connectivity index (χ1) is 11.3. The fourth-order valence-corrected chi connectivity index (χ4v) is 4.08. The zero-order valence-electron chi connectivity index (χ0n) is 14.9. The number of piperidine rings is 1. The van der Waals surface area contributed by atoms with E-state index < -0.39 is 0 Å². The van der Waals surface area contributed by atoms with E-state index in [2.05, 4.69) is 53.2 Å². The quantitative estimate of drug-likeness (QED) is 0.901. The van der Waals surface area contributed by atoms with Crippen molar-refractivity contribution >= 4 is 0 Å². The van der Waals surface area contributed by atoms with E-state index in [9.17, 15) is 0 Å². The lowest BCUT2D eigenvalue weighted by Crippen LogP contribution is -2.53. The molecule has 23 heavy (non-hydrogen) atoms. The Morgan fingerprint density at radius 3 is 2.48 bits per heavy atom. The summed E-state index contributed by atoms with van der Waals surface area (Å²) < 4.78 is 0. The average Bonchev–Trinajstić information content (AvgIpc) is 2.61. The molecule has 0 spiro atoms. The Labute approximate surface area is 142 Å². The third-order valence-electron chi connectivity index (χ3n) is 5.61. The number of benzene rings is 1. The number of hydrogen-bond acceptors (Lipinski definition) is 3. The summed E-state index contributed by atoms with van der Waals surface area (Å²) in [6.45, 7) is 11.8. The van der Waals surface area contributed by atoms with Gasteiger partial charge in [-0.25, -0.2) is 0 Å². The Kier molecular flexibility index (Phi) is 6.09. The molecule has 3 rings (SSSR count). The lowest BCUT2D eigenvalue weighted by atomic mass is 9.98. The van der Waals surface area contributed by atoms with Gasteiger partial charge in [0.1, 0.15) is 0 Å². The first kappa shape index (κ1) is 16.9. The van der Waals surface area contributed by atoms with Gasteiger partial charge in [0.05, 0.1) is 0 Å². The molecule has 2 heterocycles. The second-order valence-corrected chi connectivity index (χ2v) is 7.26. The van der Waals surface area contributed by atoms with Gasteiger partial charge in [0.2, 0.25) is 0 Å². The molecule has 2 aliphatic heterocycles. The van der Waals surface area contributed by atoms with E-state index in [4.69, 9.17) is 0 Å². The van der Waals surface area contributed by atoms with Crippen molar-refractivity contribution in [1.82, 2.24) is 15.1 Å². The second-order valence-electron chi connectivity index (χ2n) is 7.26. The number of likely N-dealkylation sites (tertiary alicyclic amines) is 1. The van der Waals surface area contributed by atoms with Gasteiger partial charge >= 0.3 is 0 Å². The van der Waals surface area contributed by atoms with E-state index >= 15 is 0 Å². The standard InChI is InChI=1S/C20H33N3/c1-3-18-7-9-19(10-8-18)20(16-22-12-5-4-6-13-22)23-14-11-21-15-17(23)2/h7-10,17,20-21H,3-6,11-16H2,1-2H3. The number of nitrogens with one attached hydrogen (secondary N) is 1. The molecule has 128 valence electrons. The Morgan fingerprint density at radius 1 is 1.09 bits per heavy atom. The van der Waals surface area contributed by atoms with E-state index in [1.165, 1.54) is 50.0 Å². The van der Waals surface area contributed by atoms with E-state index in [0.717, 1.165) is 26.1 Å². The molecule has 3 nitrogen and oxygen atoms in total. The summed E-state index contributed by atoms with van der Waals surface area (Å²) in [7, 11) is 0. The third-order valence-corrected chi connectivity index (χ3v) is 5.61. The van der Waals surface area contributed by atoms with Crippen LogP contribution in [0.2, 0.25) is 0 Å². The SMILES string of the molecule is CCc1ccc(C(CN2CCCCC2)N2CCNCC2C)cc1. The number of hydrogen-bond donors (Lipinski definition) is 1. The Balaban J connectivity index is 1.78. The van der Waals surface area contributed by atoms with Gasteiger partial charge in [0.25, 0.3) is 0 Å². The smallest absolute Gasteiger partial charge is 0.0479 e. The lowest BCUT2D eigenvalue weighted by Gasteiger charge is -2.42. The molecule has 0 aromatic heterocycles. The summed E-state index contributed by atoms with van der Waals surface area (Å²) in [5.41, 5.74) is 2.94. The normalized spacial score (nSPS) is 25.4. The highest BCUT2D eigenvalue weighted by Crippen LogP contribution is 2.27. The van der Waals surface area contributed by atoms with Crippen LogP contribution in [0.25, 0.3) is 0 Å². The molecule has 0 amide bonds. The molecule has 0 saturated carbocycles. The van der Waals surface area contributed by atoms with Gasteiger partial charge in [-0.15, -0.1) is 0 Å². The summed E-state index contributed by atoms with van der Waals surface area (Å²) >= 11 is 0. The van der Waals surface area contributed by atoms with Crippen molar-refractivity contribution in [1.29, 1.82) is 0 Å². The molecule has 1 aromatic carbocycles.